The van der Waals surface area contributed by atoms with Crippen LogP contribution in [0.15, 0.2) is 48.5 Å². The van der Waals surface area contributed by atoms with Crippen molar-refractivity contribution >= 4 is 40.0 Å². The minimum atomic E-state index is -0.501. The van der Waals surface area contributed by atoms with Crippen molar-refractivity contribution in [1.29, 1.82) is 0 Å². The van der Waals surface area contributed by atoms with E-state index >= 15 is 0 Å². The topological polar surface area (TPSA) is 56.0 Å². The van der Waals surface area contributed by atoms with Crippen molar-refractivity contribution in [3.8, 4) is 11.3 Å². The number of nitrogens with zero attached hydrogens (tertiary/aromatic N) is 1. The van der Waals surface area contributed by atoms with E-state index in [0.29, 0.717) is 26.8 Å². The number of hydrogen-bond donors (Lipinski definition) is 1. The van der Waals surface area contributed by atoms with Crippen LogP contribution in [0.1, 0.15) is 10.4 Å². The summed E-state index contributed by atoms with van der Waals surface area (Å²) in [5.41, 5.74) is 7.90. The predicted molar refractivity (Wildman–Crippen MR) is 85.7 cm³/mol. The molecular formula is C16H10Cl2N2O. The fourth-order valence-electron chi connectivity index (χ4n) is 2.16. The number of carbonyl (C=O) groups is 1. The van der Waals surface area contributed by atoms with Crippen molar-refractivity contribution in [3.05, 3.63) is 64.1 Å². The zero-order valence-corrected chi connectivity index (χ0v) is 12.3. The molecule has 0 radical (unpaired) electrons. The van der Waals surface area contributed by atoms with Crippen molar-refractivity contribution in [2.24, 2.45) is 5.73 Å². The van der Waals surface area contributed by atoms with Gasteiger partial charge in [-0.3, -0.25) is 4.79 Å². The number of amides is 1. The fraction of sp³-hybridized carbons (Fsp3) is 0. The van der Waals surface area contributed by atoms with E-state index in [1.807, 2.05) is 24.3 Å². The largest absolute Gasteiger partial charge is 0.366 e. The van der Waals surface area contributed by atoms with Gasteiger partial charge in [-0.1, -0.05) is 47.5 Å². The molecule has 3 nitrogen and oxygen atoms in total. The van der Waals surface area contributed by atoms with Gasteiger partial charge in [0.1, 0.15) is 0 Å². The van der Waals surface area contributed by atoms with E-state index in [4.69, 9.17) is 28.9 Å². The molecule has 1 heterocycles. The molecule has 0 unspecified atom stereocenters. The highest BCUT2D eigenvalue weighted by molar-refractivity contribution is 6.42. The summed E-state index contributed by atoms with van der Waals surface area (Å²) >= 11 is 11.9. The number of aromatic nitrogens is 1. The number of rotatable bonds is 2. The summed E-state index contributed by atoms with van der Waals surface area (Å²) in [6, 6.07) is 14.4. The van der Waals surface area contributed by atoms with E-state index in [1.54, 1.807) is 24.3 Å². The lowest BCUT2D eigenvalue weighted by atomic mass is 10.1. The lowest BCUT2D eigenvalue weighted by molar-refractivity contribution is 0.100. The van der Waals surface area contributed by atoms with Crippen LogP contribution in [-0.4, -0.2) is 10.9 Å². The standard InChI is InChI=1S/C16H10Cl2N2O/c17-12-6-4-10(8-13(12)18)14-7-5-9-2-1-3-11(16(19)21)15(9)20-14/h1-8H,(H2,19,21). The molecular weight excluding hydrogens is 307 g/mol. The molecule has 104 valence electrons. The van der Waals surface area contributed by atoms with Crippen LogP contribution in [-0.2, 0) is 0 Å². The van der Waals surface area contributed by atoms with E-state index in [-0.39, 0.29) is 0 Å². The van der Waals surface area contributed by atoms with Crippen LogP contribution in [0.2, 0.25) is 10.0 Å². The summed E-state index contributed by atoms with van der Waals surface area (Å²) in [7, 11) is 0. The van der Waals surface area contributed by atoms with Crippen LogP contribution in [0.5, 0.6) is 0 Å². The van der Waals surface area contributed by atoms with Crippen LogP contribution in [0, 0.1) is 0 Å². The summed E-state index contributed by atoms with van der Waals surface area (Å²) in [5.74, 6) is -0.501. The van der Waals surface area contributed by atoms with E-state index in [0.717, 1.165) is 10.9 Å². The van der Waals surface area contributed by atoms with Gasteiger partial charge in [-0.15, -0.1) is 0 Å². The maximum Gasteiger partial charge on any atom is 0.250 e. The second-order valence-corrected chi connectivity index (χ2v) is 5.38. The number of carbonyl (C=O) groups excluding carboxylic acids is 1. The number of nitrogens with two attached hydrogens (primary N) is 1. The normalized spacial score (nSPS) is 10.8. The molecule has 1 amide bonds. The predicted octanol–water partition coefficient (Wildman–Crippen LogP) is 4.31. The molecule has 1 aromatic heterocycles. The van der Waals surface area contributed by atoms with Crippen LogP contribution in [0.25, 0.3) is 22.2 Å². The number of halogens is 2. The lowest BCUT2D eigenvalue weighted by Gasteiger charge is -2.07. The Morgan fingerprint density at radius 3 is 2.52 bits per heavy atom. The quantitative estimate of drug-likeness (QED) is 0.766. The Balaban J connectivity index is 2.22. The molecule has 0 aliphatic heterocycles. The van der Waals surface area contributed by atoms with Crippen molar-refractivity contribution in [2.45, 2.75) is 0 Å². The first-order valence-corrected chi connectivity index (χ1v) is 6.97. The van der Waals surface area contributed by atoms with Gasteiger partial charge in [-0.25, -0.2) is 4.98 Å². The highest BCUT2D eigenvalue weighted by atomic mass is 35.5. The molecule has 0 saturated heterocycles. The summed E-state index contributed by atoms with van der Waals surface area (Å²) < 4.78 is 0. The third-order valence-electron chi connectivity index (χ3n) is 3.20. The Labute approximate surface area is 131 Å². The maximum absolute atomic E-state index is 11.5. The number of fused-ring (bicyclic) bond motifs is 1. The van der Waals surface area contributed by atoms with Gasteiger partial charge >= 0.3 is 0 Å². The van der Waals surface area contributed by atoms with Gasteiger partial charge in [0.05, 0.1) is 26.8 Å². The Hall–Kier alpha value is -2.10. The Morgan fingerprint density at radius 1 is 1.00 bits per heavy atom. The van der Waals surface area contributed by atoms with Gasteiger partial charge in [-0.05, 0) is 24.3 Å². The average Bonchev–Trinajstić information content (AvgIpc) is 2.48. The summed E-state index contributed by atoms with van der Waals surface area (Å²) in [4.78, 5) is 16.0. The number of primary amides is 1. The Bertz CT molecular complexity index is 862. The summed E-state index contributed by atoms with van der Waals surface area (Å²) in [6.45, 7) is 0. The van der Waals surface area contributed by atoms with Crippen LogP contribution in [0.3, 0.4) is 0 Å². The molecule has 5 heteroatoms. The highest BCUT2D eigenvalue weighted by Crippen LogP contribution is 2.29. The molecule has 0 spiro atoms. The van der Waals surface area contributed by atoms with Crippen LogP contribution in [0.4, 0.5) is 0 Å². The fourth-order valence-corrected chi connectivity index (χ4v) is 2.46. The first kappa shape index (κ1) is 13.9. The molecule has 2 N–H and O–H groups in total. The zero-order valence-electron chi connectivity index (χ0n) is 10.8. The first-order chi connectivity index (χ1) is 10.1. The van der Waals surface area contributed by atoms with E-state index < -0.39 is 5.91 Å². The molecule has 0 atom stereocenters. The second kappa shape index (κ2) is 5.35. The highest BCUT2D eigenvalue weighted by Gasteiger charge is 2.10. The third kappa shape index (κ3) is 2.58. The van der Waals surface area contributed by atoms with Gasteiger partial charge in [0.2, 0.25) is 0 Å². The minimum Gasteiger partial charge on any atom is -0.366 e. The monoisotopic (exact) mass is 316 g/mol. The van der Waals surface area contributed by atoms with E-state index in [1.165, 1.54) is 0 Å². The molecule has 3 rings (SSSR count). The molecule has 0 aliphatic rings. The number of hydrogen-bond acceptors (Lipinski definition) is 2. The van der Waals surface area contributed by atoms with Crippen LogP contribution >= 0.6 is 23.2 Å². The minimum absolute atomic E-state index is 0.398. The number of para-hydroxylation sites is 1. The molecule has 0 saturated carbocycles. The first-order valence-electron chi connectivity index (χ1n) is 6.21. The molecule has 0 fully saturated rings. The van der Waals surface area contributed by atoms with Gasteiger partial charge in [0, 0.05) is 10.9 Å². The maximum atomic E-state index is 11.5. The summed E-state index contributed by atoms with van der Waals surface area (Å²) in [5, 5.41) is 1.80. The smallest absolute Gasteiger partial charge is 0.250 e. The van der Waals surface area contributed by atoms with Crippen LogP contribution < -0.4 is 5.73 Å². The number of benzene rings is 2. The van der Waals surface area contributed by atoms with Crippen molar-refractivity contribution < 1.29 is 4.79 Å². The second-order valence-electron chi connectivity index (χ2n) is 4.57. The van der Waals surface area contributed by atoms with Gasteiger partial charge in [0.15, 0.2) is 0 Å². The SMILES string of the molecule is NC(=O)c1cccc2ccc(-c3ccc(Cl)c(Cl)c3)nc12. The summed E-state index contributed by atoms with van der Waals surface area (Å²) in [6.07, 6.45) is 0. The molecule has 21 heavy (non-hydrogen) atoms. The molecule has 0 aliphatic carbocycles. The van der Waals surface area contributed by atoms with Crippen molar-refractivity contribution in [3.63, 3.8) is 0 Å². The van der Waals surface area contributed by atoms with Gasteiger partial charge in [0.25, 0.3) is 5.91 Å². The lowest BCUT2D eigenvalue weighted by Crippen LogP contribution is -2.11. The number of pyridine rings is 1. The Kier molecular flexibility index (Phi) is 3.53. The third-order valence-corrected chi connectivity index (χ3v) is 3.94. The van der Waals surface area contributed by atoms with E-state index in [2.05, 4.69) is 4.98 Å². The van der Waals surface area contributed by atoms with Crippen molar-refractivity contribution in [1.82, 2.24) is 4.98 Å². The van der Waals surface area contributed by atoms with Crippen molar-refractivity contribution in [2.75, 3.05) is 0 Å². The molecule has 0 bridgehead atoms. The molecule has 3 aromatic rings. The average molecular weight is 317 g/mol. The molecule has 2 aromatic carbocycles. The van der Waals surface area contributed by atoms with Gasteiger partial charge in [-0.2, -0.15) is 0 Å². The zero-order chi connectivity index (χ0) is 15.0. The van der Waals surface area contributed by atoms with Gasteiger partial charge < -0.3 is 5.73 Å². The van der Waals surface area contributed by atoms with E-state index in [9.17, 15) is 4.79 Å². The Morgan fingerprint density at radius 2 is 1.81 bits per heavy atom.